The van der Waals surface area contributed by atoms with E-state index < -0.39 is 15.8 Å². The first kappa shape index (κ1) is 23.8. The minimum absolute atomic E-state index is 0.0932. The standard InChI is InChI=1S/C22H27FN2O6S/c1-29-19-7-4-16(14-18(19)23)5-9-22(26)24-10-12-25(13-11-24)32(27,28)17-6-8-20(30-2)21(15-17)31-3/h4,6-8,14-15H,5,9-13H2,1-3H3. The molecule has 1 aliphatic rings. The monoisotopic (exact) mass is 466 g/mol. The van der Waals surface area contributed by atoms with Crippen molar-refractivity contribution >= 4 is 15.9 Å². The van der Waals surface area contributed by atoms with E-state index in [1.54, 1.807) is 17.0 Å². The molecular formula is C22H27FN2O6S. The largest absolute Gasteiger partial charge is 0.494 e. The van der Waals surface area contributed by atoms with Crippen molar-refractivity contribution in [2.45, 2.75) is 17.7 Å². The van der Waals surface area contributed by atoms with E-state index in [2.05, 4.69) is 0 Å². The Hall–Kier alpha value is -2.85. The minimum atomic E-state index is -3.73. The molecule has 0 saturated carbocycles. The number of hydrogen-bond acceptors (Lipinski definition) is 6. The maximum atomic E-state index is 13.8. The van der Waals surface area contributed by atoms with Crippen molar-refractivity contribution in [3.05, 3.63) is 47.8 Å². The van der Waals surface area contributed by atoms with Crippen LogP contribution in [0.1, 0.15) is 12.0 Å². The molecule has 0 atom stereocenters. The van der Waals surface area contributed by atoms with E-state index in [9.17, 15) is 17.6 Å². The molecule has 32 heavy (non-hydrogen) atoms. The third-order valence-corrected chi connectivity index (χ3v) is 7.32. The molecule has 0 aromatic heterocycles. The molecule has 1 aliphatic heterocycles. The molecule has 0 aliphatic carbocycles. The topological polar surface area (TPSA) is 85.4 Å². The fraction of sp³-hybridized carbons (Fsp3) is 0.409. The predicted octanol–water partition coefficient (Wildman–Crippen LogP) is 2.32. The lowest BCUT2D eigenvalue weighted by Crippen LogP contribution is -2.50. The third kappa shape index (κ3) is 5.13. The number of rotatable bonds is 8. The van der Waals surface area contributed by atoms with Crippen LogP contribution in [0.3, 0.4) is 0 Å². The summed E-state index contributed by atoms with van der Waals surface area (Å²) in [4.78, 5) is 14.3. The number of halogens is 1. The van der Waals surface area contributed by atoms with E-state index in [1.165, 1.54) is 49.9 Å². The number of ether oxygens (including phenoxy) is 3. The molecule has 0 N–H and O–H groups in total. The Kier molecular flexibility index (Phi) is 7.57. The van der Waals surface area contributed by atoms with Crippen molar-refractivity contribution in [1.29, 1.82) is 0 Å². The molecule has 1 amide bonds. The van der Waals surface area contributed by atoms with Crippen LogP contribution in [0.4, 0.5) is 4.39 Å². The van der Waals surface area contributed by atoms with Crippen molar-refractivity contribution in [3.8, 4) is 17.2 Å². The van der Waals surface area contributed by atoms with Crippen LogP contribution in [0, 0.1) is 5.82 Å². The number of nitrogens with zero attached hydrogens (tertiary/aromatic N) is 2. The van der Waals surface area contributed by atoms with Crippen LogP contribution in [-0.2, 0) is 21.2 Å². The third-order valence-electron chi connectivity index (χ3n) is 5.43. The average Bonchev–Trinajstić information content (AvgIpc) is 2.82. The van der Waals surface area contributed by atoms with E-state index in [-0.39, 0.29) is 36.1 Å². The number of methoxy groups -OCH3 is 3. The predicted molar refractivity (Wildman–Crippen MR) is 116 cm³/mol. The molecule has 1 fully saturated rings. The lowest BCUT2D eigenvalue weighted by Gasteiger charge is -2.34. The van der Waals surface area contributed by atoms with Gasteiger partial charge in [-0.1, -0.05) is 6.07 Å². The zero-order valence-electron chi connectivity index (χ0n) is 18.3. The van der Waals surface area contributed by atoms with E-state index in [0.29, 0.717) is 36.6 Å². The Morgan fingerprint density at radius 1 is 0.906 bits per heavy atom. The Bertz CT molecular complexity index is 1070. The lowest BCUT2D eigenvalue weighted by molar-refractivity contribution is -0.132. The van der Waals surface area contributed by atoms with Gasteiger partial charge < -0.3 is 19.1 Å². The molecule has 10 heteroatoms. The van der Waals surface area contributed by atoms with Gasteiger partial charge in [-0.25, -0.2) is 12.8 Å². The Labute approximate surface area is 187 Å². The Morgan fingerprint density at radius 2 is 1.53 bits per heavy atom. The number of hydrogen-bond donors (Lipinski definition) is 0. The maximum Gasteiger partial charge on any atom is 0.243 e. The molecular weight excluding hydrogens is 439 g/mol. The second-order valence-electron chi connectivity index (χ2n) is 7.27. The summed E-state index contributed by atoms with van der Waals surface area (Å²) in [5.41, 5.74) is 0.700. The van der Waals surface area contributed by atoms with E-state index in [1.807, 2.05) is 0 Å². The molecule has 2 aromatic rings. The summed E-state index contributed by atoms with van der Waals surface area (Å²) in [6, 6.07) is 9.07. The van der Waals surface area contributed by atoms with Gasteiger partial charge in [-0.15, -0.1) is 0 Å². The number of amides is 1. The van der Waals surface area contributed by atoms with Crippen molar-refractivity contribution in [2.75, 3.05) is 47.5 Å². The Morgan fingerprint density at radius 3 is 2.12 bits per heavy atom. The lowest BCUT2D eigenvalue weighted by atomic mass is 10.1. The highest BCUT2D eigenvalue weighted by molar-refractivity contribution is 7.89. The minimum Gasteiger partial charge on any atom is -0.494 e. The van der Waals surface area contributed by atoms with Crippen molar-refractivity contribution in [3.63, 3.8) is 0 Å². The second kappa shape index (κ2) is 10.2. The van der Waals surface area contributed by atoms with Gasteiger partial charge >= 0.3 is 0 Å². The number of benzene rings is 2. The van der Waals surface area contributed by atoms with Crippen LogP contribution < -0.4 is 14.2 Å². The number of piperazine rings is 1. The first-order valence-corrected chi connectivity index (χ1v) is 11.6. The molecule has 0 spiro atoms. The second-order valence-corrected chi connectivity index (χ2v) is 9.21. The fourth-order valence-corrected chi connectivity index (χ4v) is 5.02. The van der Waals surface area contributed by atoms with Gasteiger partial charge in [-0.05, 0) is 36.2 Å². The van der Waals surface area contributed by atoms with Crippen LogP contribution in [0.5, 0.6) is 17.2 Å². The summed E-state index contributed by atoms with van der Waals surface area (Å²) in [5, 5.41) is 0. The van der Waals surface area contributed by atoms with Gasteiger partial charge in [0.15, 0.2) is 23.1 Å². The SMILES string of the molecule is COc1ccc(CCC(=O)N2CCN(S(=O)(=O)c3ccc(OC)c(OC)c3)CC2)cc1F. The van der Waals surface area contributed by atoms with E-state index in [0.717, 1.165) is 0 Å². The maximum absolute atomic E-state index is 13.8. The van der Waals surface area contributed by atoms with Gasteiger partial charge in [0.05, 0.1) is 26.2 Å². The van der Waals surface area contributed by atoms with Gasteiger partial charge in [0, 0.05) is 38.7 Å². The highest BCUT2D eigenvalue weighted by atomic mass is 32.2. The Balaban J connectivity index is 1.58. The summed E-state index contributed by atoms with van der Waals surface area (Å²) >= 11 is 0. The summed E-state index contributed by atoms with van der Waals surface area (Å²) in [6.45, 7) is 0.976. The van der Waals surface area contributed by atoms with E-state index in [4.69, 9.17) is 14.2 Å². The number of carbonyl (C=O) groups excluding carboxylic acids is 1. The average molecular weight is 467 g/mol. The van der Waals surface area contributed by atoms with Gasteiger partial charge in [0.1, 0.15) is 0 Å². The first-order valence-electron chi connectivity index (χ1n) is 10.1. The highest BCUT2D eigenvalue weighted by Gasteiger charge is 2.30. The molecule has 174 valence electrons. The summed E-state index contributed by atoms with van der Waals surface area (Å²) in [6.07, 6.45) is 0.609. The number of sulfonamides is 1. The highest BCUT2D eigenvalue weighted by Crippen LogP contribution is 2.31. The fourth-order valence-electron chi connectivity index (χ4n) is 3.58. The summed E-state index contributed by atoms with van der Waals surface area (Å²) in [5.74, 6) is 0.374. The van der Waals surface area contributed by atoms with Crippen LogP contribution >= 0.6 is 0 Å². The molecule has 1 saturated heterocycles. The van der Waals surface area contributed by atoms with Crippen LogP contribution in [0.2, 0.25) is 0 Å². The molecule has 0 bridgehead atoms. The van der Waals surface area contributed by atoms with Crippen molar-refractivity contribution in [1.82, 2.24) is 9.21 Å². The molecule has 3 rings (SSSR count). The zero-order chi connectivity index (χ0) is 23.3. The molecule has 1 heterocycles. The van der Waals surface area contributed by atoms with Crippen molar-refractivity contribution in [2.24, 2.45) is 0 Å². The summed E-state index contributed by atoms with van der Waals surface area (Å²) < 4.78 is 56.4. The van der Waals surface area contributed by atoms with Crippen LogP contribution in [-0.4, -0.2) is 71.0 Å². The normalized spacial score (nSPS) is 14.8. The molecule has 2 aromatic carbocycles. The first-order chi connectivity index (χ1) is 15.3. The van der Waals surface area contributed by atoms with Gasteiger partial charge in [-0.3, -0.25) is 4.79 Å². The smallest absolute Gasteiger partial charge is 0.243 e. The van der Waals surface area contributed by atoms with Gasteiger partial charge in [-0.2, -0.15) is 4.31 Å². The van der Waals surface area contributed by atoms with Crippen molar-refractivity contribution < 1.29 is 31.8 Å². The van der Waals surface area contributed by atoms with Crippen LogP contribution in [0.25, 0.3) is 0 Å². The number of carbonyl (C=O) groups is 1. The summed E-state index contributed by atoms with van der Waals surface area (Å²) in [7, 11) is 0.589. The van der Waals surface area contributed by atoms with Gasteiger partial charge in [0.25, 0.3) is 0 Å². The van der Waals surface area contributed by atoms with Gasteiger partial charge in [0.2, 0.25) is 15.9 Å². The zero-order valence-corrected chi connectivity index (χ0v) is 19.2. The number of aryl methyl sites for hydroxylation is 1. The molecule has 0 radical (unpaired) electrons. The molecule has 0 unspecified atom stereocenters. The van der Waals surface area contributed by atoms with E-state index >= 15 is 0 Å². The quantitative estimate of drug-likeness (QED) is 0.594. The molecule has 8 nitrogen and oxygen atoms in total. The van der Waals surface area contributed by atoms with Crippen LogP contribution in [0.15, 0.2) is 41.3 Å².